The maximum Gasteiger partial charge on any atom is 0.275 e. The number of thiophene rings is 1. The molecule has 0 amide bonds. The minimum atomic E-state index is -0.306. The fourth-order valence-corrected chi connectivity index (χ4v) is 4.32. The summed E-state index contributed by atoms with van der Waals surface area (Å²) in [7, 11) is 0. The highest BCUT2D eigenvalue weighted by molar-refractivity contribution is 7.12. The zero-order valence-corrected chi connectivity index (χ0v) is 13.7. The van der Waals surface area contributed by atoms with Crippen molar-refractivity contribution < 1.29 is 9.47 Å². The molecule has 1 unspecified atom stereocenters. The Bertz CT molecular complexity index is 732. The van der Waals surface area contributed by atoms with E-state index in [4.69, 9.17) is 21.1 Å². The Morgan fingerprint density at radius 1 is 1.18 bits per heavy atom. The maximum atomic E-state index is 6.20. The van der Waals surface area contributed by atoms with Crippen molar-refractivity contribution in [2.24, 2.45) is 0 Å². The molecule has 1 atom stereocenters. The van der Waals surface area contributed by atoms with Crippen molar-refractivity contribution in [2.75, 3.05) is 6.54 Å². The van der Waals surface area contributed by atoms with Gasteiger partial charge in [0.2, 0.25) is 0 Å². The van der Waals surface area contributed by atoms with Crippen molar-refractivity contribution in [3.63, 3.8) is 0 Å². The van der Waals surface area contributed by atoms with Crippen LogP contribution in [0, 0.1) is 6.92 Å². The van der Waals surface area contributed by atoms with Crippen molar-refractivity contribution in [3.8, 4) is 0 Å². The van der Waals surface area contributed by atoms with Crippen LogP contribution < -0.4 is 5.32 Å². The van der Waals surface area contributed by atoms with Crippen LogP contribution in [-0.4, -0.2) is 6.54 Å². The fraction of sp³-hybridized carbons (Fsp3) is 0.294. The first-order valence-corrected chi connectivity index (χ1v) is 8.50. The number of rotatable bonds is 2. The molecule has 0 bridgehead atoms. The van der Waals surface area contributed by atoms with Gasteiger partial charge in [-0.1, -0.05) is 17.7 Å². The summed E-state index contributed by atoms with van der Waals surface area (Å²) < 4.78 is 10.9. The van der Waals surface area contributed by atoms with E-state index >= 15 is 0 Å². The van der Waals surface area contributed by atoms with Crippen LogP contribution in [0.15, 0.2) is 36.8 Å². The zero-order chi connectivity index (χ0) is 15.1. The third-order valence-electron chi connectivity index (χ3n) is 4.14. The Balaban J connectivity index is 1.72. The van der Waals surface area contributed by atoms with Crippen molar-refractivity contribution in [1.29, 1.82) is 0 Å². The standard InChI is InChI=1S/C17H16ClNO2S/c1-10-13(9-15(22-10)17-20-6-7-21-17)16-14-8-12(18)3-2-11(14)4-5-19-16/h2-3,6-9,16-17,19H,4-5H2,1H3. The molecule has 5 heteroatoms. The number of hydrogen-bond donors (Lipinski definition) is 1. The highest BCUT2D eigenvalue weighted by atomic mass is 35.5. The molecule has 3 nitrogen and oxygen atoms in total. The average Bonchev–Trinajstić information content (AvgIpc) is 3.16. The third-order valence-corrected chi connectivity index (χ3v) is 5.46. The molecule has 2 aliphatic heterocycles. The molecule has 2 aromatic rings. The van der Waals surface area contributed by atoms with Crippen LogP contribution in [0.4, 0.5) is 0 Å². The molecule has 0 aliphatic carbocycles. The average molecular weight is 334 g/mol. The van der Waals surface area contributed by atoms with E-state index in [0.29, 0.717) is 0 Å². The lowest BCUT2D eigenvalue weighted by atomic mass is 9.90. The van der Waals surface area contributed by atoms with Crippen LogP contribution in [0.3, 0.4) is 0 Å². The summed E-state index contributed by atoms with van der Waals surface area (Å²) in [5, 5.41) is 4.40. The van der Waals surface area contributed by atoms with E-state index in [9.17, 15) is 0 Å². The molecule has 1 aromatic heterocycles. The molecule has 0 fully saturated rings. The zero-order valence-electron chi connectivity index (χ0n) is 12.1. The molecule has 3 heterocycles. The second kappa shape index (κ2) is 5.61. The van der Waals surface area contributed by atoms with Gasteiger partial charge in [-0.05, 0) is 48.2 Å². The summed E-state index contributed by atoms with van der Waals surface area (Å²) in [5.74, 6) is 0. The molecule has 114 valence electrons. The van der Waals surface area contributed by atoms with Gasteiger partial charge in [0.15, 0.2) is 0 Å². The van der Waals surface area contributed by atoms with Gasteiger partial charge in [-0.15, -0.1) is 11.3 Å². The van der Waals surface area contributed by atoms with E-state index < -0.39 is 0 Å². The lowest BCUT2D eigenvalue weighted by Crippen LogP contribution is -2.30. The molecule has 0 spiro atoms. The predicted octanol–water partition coefficient (Wildman–Crippen LogP) is 4.46. The molecule has 1 aromatic carbocycles. The second-order valence-electron chi connectivity index (χ2n) is 5.52. The number of halogens is 1. The SMILES string of the molecule is Cc1sc(C2OC=CO2)cc1C1NCCc2ccc(Cl)cc21. The fourth-order valence-electron chi connectivity index (χ4n) is 3.10. The summed E-state index contributed by atoms with van der Waals surface area (Å²) in [6.07, 6.45) is 3.92. The Morgan fingerprint density at radius 2 is 2.00 bits per heavy atom. The predicted molar refractivity (Wildman–Crippen MR) is 88.1 cm³/mol. The number of hydrogen-bond acceptors (Lipinski definition) is 4. The quantitative estimate of drug-likeness (QED) is 0.880. The maximum absolute atomic E-state index is 6.20. The van der Waals surface area contributed by atoms with Crippen molar-refractivity contribution in [1.82, 2.24) is 5.32 Å². The van der Waals surface area contributed by atoms with Crippen LogP contribution >= 0.6 is 22.9 Å². The van der Waals surface area contributed by atoms with E-state index in [1.54, 1.807) is 23.9 Å². The molecule has 2 aliphatic rings. The van der Waals surface area contributed by atoms with Crippen LogP contribution in [0.5, 0.6) is 0 Å². The highest BCUT2D eigenvalue weighted by Gasteiger charge is 2.27. The smallest absolute Gasteiger partial charge is 0.275 e. The minimum Gasteiger partial charge on any atom is -0.454 e. The highest BCUT2D eigenvalue weighted by Crippen LogP contribution is 2.39. The lowest BCUT2D eigenvalue weighted by Gasteiger charge is -2.27. The summed E-state index contributed by atoms with van der Waals surface area (Å²) in [4.78, 5) is 2.37. The summed E-state index contributed by atoms with van der Waals surface area (Å²) >= 11 is 7.93. The number of aryl methyl sites for hydroxylation is 1. The van der Waals surface area contributed by atoms with Crippen LogP contribution in [0.25, 0.3) is 0 Å². The van der Waals surface area contributed by atoms with Crippen LogP contribution in [-0.2, 0) is 15.9 Å². The summed E-state index contributed by atoms with van der Waals surface area (Å²) in [6.45, 7) is 3.12. The minimum absolute atomic E-state index is 0.182. The van der Waals surface area contributed by atoms with Gasteiger partial charge < -0.3 is 14.8 Å². The molecule has 0 saturated heterocycles. The van der Waals surface area contributed by atoms with Gasteiger partial charge in [0.25, 0.3) is 6.29 Å². The number of fused-ring (bicyclic) bond motifs is 1. The van der Waals surface area contributed by atoms with Gasteiger partial charge in [-0.25, -0.2) is 0 Å². The number of benzene rings is 1. The Labute approximate surface area is 138 Å². The number of ether oxygens (including phenoxy) is 2. The van der Waals surface area contributed by atoms with Gasteiger partial charge in [0, 0.05) is 16.4 Å². The summed E-state index contributed by atoms with van der Waals surface area (Å²) in [6, 6.07) is 8.56. The Hall–Kier alpha value is -1.49. The molecule has 22 heavy (non-hydrogen) atoms. The van der Waals surface area contributed by atoms with Gasteiger partial charge in [-0.2, -0.15) is 0 Å². The topological polar surface area (TPSA) is 30.5 Å². The van der Waals surface area contributed by atoms with Gasteiger partial charge in [0.1, 0.15) is 12.5 Å². The molecular formula is C17H16ClNO2S. The third kappa shape index (κ3) is 2.41. The molecule has 1 N–H and O–H groups in total. The van der Waals surface area contributed by atoms with Gasteiger partial charge in [0.05, 0.1) is 10.9 Å². The van der Waals surface area contributed by atoms with E-state index in [2.05, 4.69) is 30.4 Å². The first kappa shape index (κ1) is 14.1. The van der Waals surface area contributed by atoms with Crippen molar-refractivity contribution >= 4 is 22.9 Å². The molecule has 4 rings (SSSR count). The second-order valence-corrected chi connectivity index (χ2v) is 7.24. The van der Waals surface area contributed by atoms with E-state index in [1.165, 1.54) is 21.6 Å². The van der Waals surface area contributed by atoms with Crippen LogP contribution in [0.2, 0.25) is 5.02 Å². The van der Waals surface area contributed by atoms with Gasteiger partial charge >= 0.3 is 0 Å². The Kier molecular flexibility index (Phi) is 3.60. The molecular weight excluding hydrogens is 318 g/mol. The van der Waals surface area contributed by atoms with Crippen molar-refractivity contribution in [3.05, 3.63) is 68.3 Å². The first-order valence-electron chi connectivity index (χ1n) is 7.30. The van der Waals surface area contributed by atoms with Crippen molar-refractivity contribution in [2.45, 2.75) is 25.7 Å². The summed E-state index contributed by atoms with van der Waals surface area (Å²) in [5.41, 5.74) is 3.93. The lowest BCUT2D eigenvalue weighted by molar-refractivity contribution is -0.0217. The molecule has 0 radical (unpaired) electrons. The molecule has 0 saturated carbocycles. The van der Waals surface area contributed by atoms with E-state index in [0.717, 1.165) is 22.9 Å². The Morgan fingerprint density at radius 3 is 2.82 bits per heavy atom. The monoisotopic (exact) mass is 333 g/mol. The van der Waals surface area contributed by atoms with E-state index in [1.807, 2.05) is 6.07 Å². The van der Waals surface area contributed by atoms with Crippen LogP contribution in [0.1, 0.15) is 38.8 Å². The van der Waals surface area contributed by atoms with E-state index in [-0.39, 0.29) is 12.3 Å². The number of nitrogens with one attached hydrogen (secondary N) is 1. The first-order chi connectivity index (χ1) is 10.7. The van der Waals surface area contributed by atoms with Gasteiger partial charge in [-0.3, -0.25) is 0 Å². The largest absolute Gasteiger partial charge is 0.454 e. The normalized spacial score (nSPS) is 20.5.